The maximum Gasteiger partial charge on any atom is 0.266 e. The summed E-state index contributed by atoms with van der Waals surface area (Å²) in [6, 6.07) is 6.25. The van der Waals surface area contributed by atoms with Gasteiger partial charge in [-0.05, 0) is 24.3 Å². The number of carbonyl (C=O) groups is 1. The number of nitrogen functional groups attached to an aromatic ring is 1. The van der Waals surface area contributed by atoms with Crippen LogP contribution in [0.25, 0.3) is 0 Å². The fourth-order valence-electron chi connectivity index (χ4n) is 2.92. The Hall–Kier alpha value is -2.66. The minimum Gasteiger partial charge on any atom is -0.379 e. The summed E-state index contributed by atoms with van der Waals surface area (Å²) in [6.45, 7) is 1.84. The molecule has 0 aliphatic carbocycles. The van der Waals surface area contributed by atoms with Crippen LogP contribution in [0.15, 0.2) is 36.5 Å². The molecule has 0 radical (unpaired) electrons. The number of rotatable bonds is 6. The van der Waals surface area contributed by atoms with Crippen LogP contribution < -0.4 is 16.2 Å². The predicted molar refractivity (Wildman–Crippen MR) is 96.8 cm³/mol. The molecule has 0 bridgehead atoms. The number of nitrogens with one attached hydrogen (secondary N) is 1. The predicted octanol–water partition coefficient (Wildman–Crippen LogP) is 0.578. The monoisotopic (exact) mass is 393 g/mol. The van der Waals surface area contributed by atoms with Crippen molar-refractivity contribution in [2.45, 2.75) is 12.9 Å². The van der Waals surface area contributed by atoms with Crippen molar-refractivity contribution in [2.24, 2.45) is 5.84 Å². The number of aliphatic hydroxyl groups excluding tert-OH is 1. The van der Waals surface area contributed by atoms with Crippen molar-refractivity contribution in [1.29, 1.82) is 0 Å². The molecule has 28 heavy (non-hydrogen) atoms. The highest BCUT2D eigenvalue weighted by Crippen LogP contribution is 2.25. The van der Waals surface area contributed by atoms with Crippen LogP contribution in [0, 0.1) is 11.6 Å². The van der Waals surface area contributed by atoms with Crippen LogP contribution in [-0.4, -0.2) is 53.6 Å². The third kappa shape index (κ3) is 4.60. The van der Waals surface area contributed by atoms with Gasteiger partial charge in [0.05, 0.1) is 36.7 Å². The lowest BCUT2D eigenvalue weighted by atomic mass is 10.2. The smallest absolute Gasteiger partial charge is 0.266 e. The molecule has 8 nitrogen and oxygen atoms in total. The number of hydrogen-bond donors (Lipinski definition) is 3. The molecule has 10 heteroatoms. The summed E-state index contributed by atoms with van der Waals surface area (Å²) in [4.78, 5) is 18.8. The summed E-state index contributed by atoms with van der Waals surface area (Å²) in [5, 5.41) is 10.9. The van der Waals surface area contributed by atoms with Gasteiger partial charge in [-0.2, -0.15) is 0 Å². The maximum absolute atomic E-state index is 14.4. The summed E-state index contributed by atoms with van der Waals surface area (Å²) in [6.07, 6.45) is 0.162. The zero-order valence-corrected chi connectivity index (χ0v) is 15.0. The Morgan fingerprint density at radius 2 is 2.07 bits per heavy atom. The van der Waals surface area contributed by atoms with Gasteiger partial charge in [0.25, 0.3) is 5.91 Å². The Balaban J connectivity index is 1.88. The molecule has 3 rings (SSSR count). The minimum absolute atomic E-state index is 0.0333. The van der Waals surface area contributed by atoms with E-state index in [1.54, 1.807) is 11.0 Å². The second-order valence-corrected chi connectivity index (χ2v) is 6.23. The first-order valence-electron chi connectivity index (χ1n) is 8.67. The van der Waals surface area contributed by atoms with Crippen LogP contribution in [0.1, 0.15) is 16.1 Å². The second-order valence-electron chi connectivity index (χ2n) is 6.23. The zero-order valence-electron chi connectivity index (χ0n) is 15.0. The summed E-state index contributed by atoms with van der Waals surface area (Å²) in [7, 11) is 0. The number of benzene rings is 1. The van der Waals surface area contributed by atoms with Crippen LogP contribution in [0.4, 0.5) is 14.5 Å². The van der Waals surface area contributed by atoms with E-state index in [9.17, 15) is 18.7 Å². The van der Waals surface area contributed by atoms with Crippen LogP contribution >= 0.6 is 0 Å². The molecule has 1 atom stereocenters. The lowest BCUT2D eigenvalue weighted by Gasteiger charge is -2.39. The third-order valence-electron chi connectivity index (χ3n) is 4.42. The van der Waals surface area contributed by atoms with E-state index in [1.807, 2.05) is 5.43 Å². The fraction of sp³-hybridized carbons (Fsp3) is 0.333. The minimum atomic E-state index is -1.17. The van der Waals surface area contributed by atoms with Crippen molar-refractivity contribution in [2.75, 3.05) is 31.2 Å². The number of anilines is 1. The Bertz CT molecular complexity index is 815. The topological polar surface area (TPSA) is 104 Å². The van der Waals surface area contributed by atoms with Gasteiger partial charge in [-0.1, -0.05) is 0 Å². The van der Waals surface area contributed by atoms with E-state index in [0.29, 0.717) is 32.0 Å². The van der Waals surface area contributed by atoms with Gasteiger partial charge >= 0.3 is 0 Å². The number of morpholine rings is 1. The van der Waals surface area contributed by atoms with Crippen molar-refractivity contribution in [3.05, 3.63) is 59.4 Å². The molecule has 1 aromatic carbocycles. The quantitative estimate of drug-likeness (QED) is 0.285. The summed E-state index contributed by atoms with van der Waals surface area (Å²) >= 11 is 0. The van der Waals surface area contributed by atoms with Gasteiger partial charge < -0.3 is 14.7 Å². The number of hydrogen-bond acceptors (Lipinski definition) is 7. The number of halogens is 2. The highest BCUT2D eigenvalue weighted by atomic mass is 19.1. The highest BCUT2D eigenvalue weighted by molar-refractivity contribution is 5.93. The van der Waals surface area contributed by atoms with Gasteiger partial charge in [-0.25, -0.2) is 14.6 Å². The Labute approximate surface area is 160 Å². The van der Waals surface area contributed by atoms with Gasteiger partial charge in [0, 0.05) is 25.4 Å². The van der Waals surface area contributed by atoms with E-state index in [1.165, 1.54) is 23.2 Å². The number of amides is 1. The lowest BCUT2D eigenvalue weighted by Crippen LogP contribution is -2.52. The molecule has 0 spiro atoms. The molecule has 1 amide bonds. The summed E-state index contributed by atoms with van der Waals surface area (Å²) < 4.78 is 33.0. The Kier molecular flexibility index (Phi) is 6.47. The lowest BCUT2D eigenvalue weighted by molar-refractivity contribution is -0.0600. The average Bonchev–Trinajstić information content (AvgIpc) is 2.72. The number of aromatic nitrogens is 1. The van der Waals surface area contributed by atoms with Crippen molar-refractivity contribution in [3.63, 3.8) is 0 Å². The normalized spacial score (nSPS) is 15.9. The molecule has 2 aromatic rings. The zero-order chi connectivity index (χ0) is 20.1. The van der Waals surface area contributed by atoms with E-state index in [4.69, 9.17) is 10.6 Å². The molecule has 0 saturated carbocycles. The molecular weight excluding hydrogens is 372 g/mol. The highest BCUT2D eigenvalue weighted by Gasteiger charge is 2.27. The maximum atomic E-state index is 14.4. The van der Waals surface area contributed by atoms with Gasteiger partial charge in [0.1, 0.15) is 11.6 Å². The Morgan fingerprint density at radius 1 is 1.32 bits per heavy atom. The first-order valence-corrected chi connectivity index (χ1v) is 8.67. The van der Waals surface area contributed by atoms with Gasteiger partial charge in [0.2, 0.25) is 0 Å². The van der Waals surface area contributed by atoms with E-state index in [-0.39, 0.29) is 17.8 Å². The van der Waals surface area contributed by atoms with E-state index < -0.39 is 23.9 Å². The van der Waals surface area contributed by atoms with Crippen molar-refractivity contribution in [1.82, 2.24) is 15.3 Å². The standard InChI is InChI=1S/C18H21F2N5O3/c19-13-2-4-16(15(20)9-13)25(18(27)24-5-7-28-8-6-24)11-14-3-1-12(10-22-14)17(26)23-21/h1-4,9-10,18,27H,5-8,11,21H2,(H,23,26). The number of pyridine rings is 1. The van der Waals surface area contributed by atoms with E-state index >= 15 is 0 Å². The molecule has 1 aliphatic heterocycles. The fourth-order valence-corrected chi connectivity index (χ4v) is 2.92. The van der Waals surface area contributed by atoms with Crippen LogP contribution in [-0.2, 0) is 11.3 Å². The number of carbonyl (C=O) groups excluding carboxylic acids is 1. The van der Waals surface area contributed by atoms with Crippen molar-refractivity contribution in [3.8, 4) is 0 Å². The second kappa shape index (κ2) is 9.02. The van der Waals surface area contributed by atoms with Gasteiger partial charge in [-0.15, -0.1) is 0 Å². The molecule has 1 aromatic heterocycles. The largest absolute Gasteiger partial charge is 0.379 e. The van der Waals surface area contributed by atoms with E-state index in [0.717, 1.165) is 12.1 Å². The average molecular weight is 393 g/mol. The first kappa shape index (κ1) is 20.1. The summed E-state index contributed by atoms with van der Waals surface area (Å²) in [5.41, 5.74) is 2.78. The van der Waals surface area contributed by atoms with Crippen LogP contribution in [0.3, 0.4) is 0 Å². The molecule has 1 fully saturated rings. The molecule has 1 aliphatic rings. The van der Waals surface area contributed by atoms with Crippen molar-refractivity contribution < 1.29 is 23.4 Å². The van der Waals surface area contributed by atoms with E-state index in [2.05, 4.69) is 4.98 Å². The molecule has 4 N–H and O–H groups in total. The van der Waals surface area contributed by atoms with Crippen LogP contribution in [0.2, 0.25) is 0 Å². The first-order chi connectivity index (χ1) is 13.5. The van der Waals surface area contributed by atoms with Crippen LogP contribution in [0.5, 0.6) is 0 Å². The van der Waals surface area contributed by atoms with Crippen molar-refractivity contribution >= 4 is 11.6 Å². The molecule has 150 valence electrons. The molecular formula is C18H21F2N5O3. The number of aliphatic hydroxyl groups is 1. The third-order valence-corrected chi connectivity index (χ3v) is 4.42. The van der Waals surface area contributed by atoms with Gasteiger partial charge in [0.15, 0.2) is 6.35 Å². The number of nitrogens with zero attached hydrogens (tertiary/aromatic N) is 3. The SMILES string of the molecule is NNC(=O)c1ccc(CN(c2ccc(F)cc2F)C(O)N2CCOCC2)nc1. The number of ether oxygens (including phenoxy) is 1. The molecule has 2 heterocycles. The number of nitrogens with two attached hydrogens (primary N) is 1. The molecule has 1 saturated heterocycles. The van der Waals surface area contributed by atoms with Gasteiger partial charge in [-0.3, -0.25) is 20.1 Å². The number of hydrazine groups is 1. The molecule has 1 unspecified atom stereocenters. The Morgan fingerprint density at radius 3 is 2.68 bits per heavy atom. The summed E-state index contributed by atoms with van der Waals surface area (Å²) in [5.74, 6) is 3.09.